The highest BCUT2D eigenvalue weighted by molar-refractivity contribution is 5.80. The van der Waals surface area contributed by atoms with Crippen molar-refractivity contribution in [1.82, 2.24) is 14.9 Å². The molecule has 1 aromatic heterocycles. The lowest BCUT2D eigenvalue weighted by molar-refractivity contribution is -0.125. The first-order valence-corrected chi connectivity index (χ1v) is 11.9. The largest absolute Gasteiger partial charge is 0.493 e. The molecule has 34 heavy (non-hydrogen) atoms. The molecule has 0 radical (unpaired) electrons. The zero-order valence-electron chi connectivity index (χ0n) is 20.0. The Bertz CT molecular complexity index is 1220. The molecule has 4 rings (SSSR count). The van der Waals surface area contributed by atoms with Crippen molar-refractivity contribution < 1.29 is 14.3 Å². The quantitative estimate of drug-likeness (QED) is 0.550. The first kappa shape index (κ1) is 23.6. The maximum absolute atomic E-state index is 13.2. The number of anilines is 1. The topological polar surface area (TPSA) is 85.7 Å². The van der Waals surface area contributed by atoms with Gasteiger partial charge in [0.05, 0.1) is 30.7 Å². The van der Waals surface area contributed by atoms with Gasteiger partial charge < -0.3 is 24.3 Å². The van der Waals surface area contributed by atoms with Gasteiger partial charge in [0.25, 0.3) is 5.56 Å². The van der Waals surface area contributed by atoms with Gasteiger partial charge in [-0.3, -0.25) is 9.59 Å². The normalized spacial score (nSPS) is 15.9. The molecule has 0 spiro atoms. The predicted molar refractivity (Wildman–Crippen MR) is 133 cm³/mol. The van der Waals surface area contributed by atoms with Crippen molar-refractivity contribution in [3.05, 3.63) is 58.4 Å². The average Bonchev–Trinajstić information content (AvgIpc) is 2.87. The number of nitrogens with one attached hydrogen (secondary N) is 1. The molecule has 1 N–H and O–H groups in total. The summed E-state index contributed by atoms with van der Waals surface area (Å²) in [6.07, 6.45) is 1.61. The molecule has 2 heterocycles. The summed E-state index contributed by atoms with van der Waals surface area (Å²) in [5.41, 5.74) is 2.45. The summed E-state index contributed by atoms with van der Waals surface area (Å²) in [5.74, 6) is 1.53. The van der Waals surface area contributed by atoms with Gasteiger partial charge in [-0.2, -0.15) is 0 Å². The average molecular weight is 465 g/mol. The van der Waals surface area contributed by atoms with Crippen LogP contribution in [0.15, 0.2) is 47.3 Å². The Labute approximate surface area is 199 Å². The van der Waals surface area contributed by atoms with E-state index in [2.05, 4.69) is 10.3 Å². The molecular formula is C26H32N4O4. The number of rotatable bonds is 8. The molecule has 1 fully saturated rings. The molecule has 8 nitrogen and oxygen atoms in total. The first-order valence-electron chi connectivity index (χ1n) is 11.9. The first-order chi connectivity index (χ1) is 16.5. The van der Waals surface area contributed by atoms with Gasteiger partial charge in [-0.15, -0.1) is 0 Å². The number of carbonyl (C=O) groups is 1. The summed E-state index contributed by atoms with van der Waals surface area (Å²) in [5, 5.41) is 3.05. The molecule has 1 aliphatic rings. The molecule has 8 heteroatoms. The van der Waals surface area contributed by atoms with Crippen LogP contribution in [-0.2, 0) is 17.9 Å². The minimum atomic E-state index is -0.207. The van der Waals surface area contributed by atoms with E-state index in [4.69, 9.17) is 9.47 Å². The molecule has 3 aromatic rings. The van der Waals surface area contributed by atoms with Gasteiger partial charge in [-0.05, 0) is 56.5 Å². The fraction of sp³-hybridized carbons (Fsp3) is 0.423. The molecule has 0 aliphatic carbocycles. The van der Waals surface area contributed by atoms with E-state index in [0.29, 0.717) is 50.1 Å². The number of piperidine rings is 1. The standard InChI is InChI=1S/C26H32N4O4/c1-4-30-21-11-7-6-10-20(21)28-24(26(30)32)29-14-8-9-19(17-29)25(31)27-16-18-12-13-22(33-3)23(15-18)34-5-2/h6-7,10-13,15,19H,4-5,8-9,14,16-17H2,1-3H3,(H,27,31). The summed E-state index contributed by atoms with van der Waals surface area (Å²) in [6, 6.07) is 13.3. The summed E-state index contributed by atoms with van der Waals surface area (Å²) < 4.78 is 12.7. The van der Waals surface area contributed by atoms with E-state index in [-0.39, 0.29) is 17.4 Å². The number of fused-ring (bicyclic) bond motifs is 1. The van der Waals surface area contributed by atoms with E-state index >= 15 is 0 Å². The Morgan fingerprint density at radius 1 is 1.18 bits per heavy atom. The molecular weight excluding hydrogens is 432 g/mol. The van der Waals surface area contributed by atoms with Crippen LogP contribution in [-0.4, -0.2) is 42.3 Å². The molecule has 1 unspecified atom stereocenters. The van der Waals surface area contributed by atoms with Crippen molar-refractivity contribution in [3.63, 3.8) is 0 Å². The van der Waals surface area contributed by atoms with Crippen LogP contribution in [0.4, 0.5) is 5.82 Å². The minimum absolute atomic E-state index is 0.0184. The van der Waals surface area contributed by atoms with Crippen molar-refractivity contribution in [1.29, 1.82) is 0 Å². The SMILES string of the molecule is CCOc1cc(CNC(=O)C2CCCN(c3nc4ccccc4n(CC)c3=O)C2)ccc1OC. The monoisotopic (exact) mass is 464 g/mol. The van der Waals surface area contributed by atoms with Crippen LogP contribution in [0, 0.1) is 5.92 Å². The maximum atomic E-state index is 13.2. The second-order valence-corrected chi connectivity index (χ2v) is 8.39. The zero-order chi connectivity index (χ0) is 24.1. The smallest absolute Gasteiger partial charge is 0.293 e. The van der Waals surface area contributed by atoms with Crippen molar-refractivity contribution in [3.8, 4) is 11.5 Å². The van der Waals surface area contributed by atoms with Crippen LogP contribution in [0.5, 0.6) is 11.5 Å². The molecule has 180 valence electrons. The van der Waals surface area contributed by atoms with Gasteiger partial charge in [0.15, 0.2) is 17.3 Å². The number of hydrogen-bond acceptors (Lipinski definition) is 6. The fourth-order valence-corrected chi connectivity index (χ4v) is 4.52. The third kappa shape index (κ3) is 4.85. The van der Waals surface area contributed by atoms with E-state index in [0.717, 1.165) is 29.4 Å². The molecule has 1 saturated heterocycles. The van der Waals surface area contributed by atoms with Crippen molar-refractivity contribution >= 4 is 22.8 Å². The highest BCUT2D eigenvalue weighted by atomic mass is 16.5. The van der Waals surface area contributed by atoms with Crippen LogP contribution in [0.25, 0.3) is 11.0 Å². The van der Waals surface area contributed by atoms with E-state index in [1.807, 2.05) is 61.2 Å². The second-order valence-electron chi connectivity index (χ2n) is 8.39. The lowest BCUT2D eigenvalue weighted by atomic mass is 9.97. The van der Waals surface area contributed by atoms with Crippen LogP contribution in [0.3, 0.4) is 0 Å². The Balaban J connectivity index is 1.47. The molecule has 1 amide bonds. The molecule has 1 aliphatic heterocycles. The number of carbonyl (C=O) groups excluding carboxylic acids is 1. The summed E-state index contributed by atoms with van der Waals surface area (Å²) in [4.78, 5) is 32.8. The van der Waals surface area contributed by atoms with Gasteiger partial charge >= 0.3 is 0 Å². The zero-order valence-corrected chi connectivity index (χ0v) is 20.0. The highest BCUT2D eigenvalue weighted by Crippen LogP contribution is 2.28. The van der Waals surface area contributed by atoms with Crippen LogP contribution in [0.2, 0.25) is 0 Å². The summed E-state index contributed by atoms with van der Waals surface area (Å²) in [7, 11) is 1.60. The molecule has 2 aromatic carbocycles. The Hall–Kier alpha value is -3.55. The Morgan fingerprint density at radius 3 is 2.76 bits per heavy atom. The molecule has 1 atom stereocenters. The van der Waals surface area contributed by atoms with Crippen molar-refractivity contribution in [2.75, 3.05) is 31.7 Å². The molecule has 0 saturated carbocycles. The lowest BCUT2D eigenvalue weighted by Gasteiger charge is -2.32. The molecule has 0 bridgehead atoms. The number of ether oxygens (including phenoxy) is 2. The third-order valence-electron chi connectivity index (χ3n) is 6.24. The summed E-state index contributed by atoms with van der Waals surface area (Å²) >= 11 is 0. The van der Waals surface area contributed by atoms with Gasteiger partial charge in [0.1, 0.15) is 0 Å². The minimum Gasteiger partial charge on any atom is -0.493 e. The van der Waals surface area contributed by atoms with E-state index < -0.39 is 0 Å². The van der Waals surface area contributed by atoms with E-state index in [1.54, 1.807) is 11.7 Å². The maximum Gasteiger partial charge on any atom is 0.293 e. The number of benzene rings is 2. The number of methoxy groups -OCH3 is 1. The van der Waals surface area contributed by atoms with E-state index in [1.165, 1.54) is 0 Å². The van der Waals surface area contributed by atoms with E-state index in [9.17, 15) is 9.59 Å². The number of para-hydroxylation sites is 2. The Kier molecular flexibility index (Phi) is 7.35. The number of aromatic nitrogens is 2. The van der Waals surface area contributed by atoms with Gasteiger partial charge in [-0.25, -0.2) is 4.98 Å². The fourth-order valence-electron chi connectivity index (χ4n) is 4.52. The predicted octanol–water partition coefficient (Wildman–Crippen LogP) is 3.36. The number of amides is 1. The second kappa shape index (κ2) is 10.6. The van der Waals surface area contributed by atoms with Crippen LogP contribution in [0.1, 0.15) is 32.3 Å². The van der Waals surface area contributed by atoms with Gasteiger partial charge in [0, 0.05) is 26.2 Å². The third-order valence-corrected chi connectivity index (χ3v) is 6.24. The Morgan fingerprint density at radius 2 is 2.00 bits per heavy atom. The van der Waals surface area contributed by atoms with Gasteiger partial charge in [-0.1, -0.05) is 18.2 Å². The van der Waals surface area contributed by atoms with Gasteiger partial charge in [0.2, 0.25) is 5.91 Å². The number of nitrogens with zero attached hydrogens (tertiary/aromatic N) is 3. The summed E-state index contributed by atoms with van der Waals surface area (Å²) in [6.45, 7) is 6.57. The highest BCUT2D eigenvalue weighted by Gasteiger charge is 2.28. The van der Waals surface area contributed by atoms with Crippen LogP contribution >= 0.6 is 0 Å². The number of aryl methyl sites for hydroxylation is 1. The van der Waals surface area contributed by atoms with Crippen molar-refractivity contribution in [2.24, 2.45) is 5.92 Å². The van der Waals surface area contributed by atoms with Crippen molar-refractivity contribution in [2.45, 2.75) is 39.8 Å². The lowest BCUT2D eigenvalue weighted by Crippen LogP contribution is -2.45. The van der Waals surface area contributed by atoms with Crippen LogP contribution < -0.4 is 25.2 Å². The number of hydrogen-bond donors (Lipinski definition) is 1.